The number of fused-ring (bicyclic) bond motifs is 1. The minimum atomic E-state index is -1.88. The molecule has 0 saturated carbocycles. The number of nitrogens with one attached hydrogen (secondary N) is 1. The Bertz CT molecular complexity index is 607. The first kappa shape index (κ1) is 20.0. The molecule has 1 aromatic carbocycles. The van der Waals surface area contributed by atoms with Crippen molar-refractivity contribution >= 4 is 20.0 Å². The Kier molecular flexibility index (Phi) is 6.00. The Hall–Kier alpha value is -1.33. The van der Waals surface area contributed by atoms with Crippen molar-refractivity contribution < 1.29 is 14.0 Å². The Morgan fingerprint density at radius 1 is 1.28 bits per heavy atom. The monoisotopic (exact) mass is 363 g/mol. The van der Waals surface area contributed by atoms with Crippen LogP contribution in [0, 0.1) is 5.92 Å². The van der Waals surface area contributed by atoms with Gasteiger partial charge < -0.3 is 14.5 Å². The number of rotatable bonds is 4. The summed E-state index contributed by atoms with van der Waals surface area (Å²) in [7, 11) is -1.88. The molecule has 0 amide bonds. The van der Waals surface area contributed by atoms with Crippen LogP contribution in [0.25, 0.3) is 0 Å². The number of cyclic esters (lactones) is 1. The number of anilines is 1. The Morgan fingerprint density at radius 3 is 2.52 bits per heavy atom. The molecular weight excluding hydrogens is 330 g/mol. The third kappa shape index (κ3) is 4.85. The number of para-hydroxylation sites is 1. The predicted octanol–water partition coefficient (Wildman–Crippen LogP) is 4.61. The van der Waals surface area contributed by atoms with Gasteiger partial charge in [-0.25, -0.2) is 4.79 Å². The highest BCUT2D eigenvalue weighted by Gasteiger charge is 2.38. The van der Waals surface area contributed by atoms with Crippen molar-refractivity contribution in [2.75, 3.05) is 11.9 Å². The smallest absolute Gasteiger partial charge is 0.329 e. The molecule has 5 heteroatoms. The summed E-state index contributed by atoms with van der Waals surface area (Å²) in [6.07, 6.45) is 0.431. The molecule has 4 nitrogen and oxygen atoms in total. The molecule has 1 aliphatic heterocycles. The first-order chi connectivity index (χ1) is 11.5. The van der Waals surface area contributed by atoms with E-state index >= 15 is 0 Å². The zero-order valence-corrected chi connectivity index (χ0v) is 17.7. The van der Waals surface area contributed by atoms with Crippen LogP contribution >= 0.6 is 0 Å². The number of carbonyl (C=O) groups is 1. The molecule has 1 aliphatic rings. The minimum Gasteiger partial charge on any atom is -0.458 e. The molecule has 0 saturated heterocycles. The van der Waals surface area contributed by atoms with Crippen LogP contribution in [-0.4, -0.2) is 33.0 Å². The summed E-state index contributed by atoms with van der Waals surface area (Å²) in [5, 5.41) is 3.50. The fraction of sp³-hybridized carbons (Fsp3) is 0.650. The molecule has 140 valence electrons. The van der Waals surface area contributed by atoms with E-state index < -0.39 is 8.32 Å². The van der Waals surface area contributed by atoms with Crippen LogP contribution in [-0.2, 0) is 20.4 Å². The molecule has 1 heterocycles. The first-order valence-corrected chi connectivity index (χ1v) is 12.1. The van der Waals surface area contributed by atoms with Crippen LogP contribution in [0.2, 0.25) is 18.1 Å². The van der Waals surface area contributed by atoms with Crippen molar-refractivity contribution in [3.63, 3.8) is 0 Å². The summed E-state index contributed by atoms with van der Waals surface area (Å²) in [6.45, 7) is 15.6. The molecule has 0 spiro atoms. The fourth-order valence-electron chi connectivity index (χ4n) is 2.64. The topological polar surface area (TPSA) is 47.6 Å². The standard InChI is InChI=1S/C20H33NO3Si/c1-14(2)18-19(22)24-16(13-23-25(6,7)20(3,4)5)12-15-10-8-9-11-17(15)21-18/h8-11,14,16,18,21H,12-13H2,1-7H3/t16-,18+/m1/s1. The summed E-state index contributed by atoms with van der Waals surface area (Å²) in [6, 6.07) is 7.82. The van der Waals surface area contributed by atoms with Crippen LogP contribution in [0.4, 0.5) is 5.69 Å². The molecule has 25 heavy (non-hydrogen) atoms. The van der Waals surface area contributed by atoms with Gasteiger partial charge in [-0.3, -0.25) is 0 Å². The maximum atomic E-state index is 12.6. The molecule has 2 rings (SSSR count). The van der Waals surface area contributed by atoms with E-state index in [0.717, 1.165) is 5.69 Å². The molecule has 1 N–H and O–H groups in total. The lowest BCUT2D eigenvalue weighted by Crippen LogP contribution is -2.46. The van der Waals surface area contributed by atoms with Gasteiger partial charge in [0.1, 0.15) is 12.1 Å². The summed E-state index contributed by atoms with van der Waals surface area (Å²) in [5.41, 5.74) is 2.19. The second-order valence-corrected chi connectivity index (χ2v) is 13.7. The molecule has 0 aromatic heterocycles. The van der Waals surface area contributed by atoms with Gasteiger partial charge in [0.05, 0.1) is 6.61 Å². The maximum absolute atomic E-state index is 12.6. The van der Waals surface area contributed by atoms with Crippen LogP contribution in [0.1, 0.15) is 40.2 Å². The number of hydrogen-bond donors (Lipinski definition) is 1. The summed E-state index contributed by atoms with van der Waals surface area (Å²) < 4.78 is 12.2. The highest BCUT2D eigenvalue weighted by molar-refractivity contribution is 6.74. The summed E-state index contributed by atoms with van der Waals surface area (Å²) in [5.74, 6) is -0.0334. The third-order valence-electron chi connectivity index (χ3n) is 5.42. The summed E-state index contributed by atoms with van der Waals surface area (Å²) >= 11 is 0. The first-order valence-electron chi connectivity index (χ1n) is 9.20. The number of carbonyl (C=O) groups excluding carboxylic acids is 1. The maximum Gasteiger partial charge on any atom is 0.329 e. The highest BCUT2D eigenvalue weighted by Crippen LogP contribution is 2.37. The second kappa shape index (κ2) is 7.50. The van der Waals surface area contributed by atoms with E-state index in [4.69, 9.17) is 9.16 Å². The number of ether oxygens (including phenoxy) is 1. The fourth-order valence-corrected chi connectivity index (χ4v) is 3.68. The SMILES string of the molecule is CC(C)[C@@H]1Nc2ccccc2C[C@H](CO[Si](C)(C)C(C)(C)C)OC1=O. The van der Waals surface area contributed by atoms with Crippen LogP contribution in [0.15, 0.2) is 24.3 Å². The molecule has 2 atom stereocenters. The average molecular weight is 364 g/mol. The van der Waals surface area contributed by atoms with Gasteiger partial charge in [-0.05, 0) is 35.7 Å². The molecule has 1 aromatic rings. The van der Waals surface area contributed by atoms with Crippen molar-refractivity contribution in [2.45, 2.75) is 71.3 Å². The lowest BCUT2D eigenvalue weighted by Gasteiger charge is -2.38. The van der Waals surface area contributed by atoms with Gasteiger partial charge in [0.25, 0.3) is 0 Å². The van der Waals surface area contributed by atoms with Crippen molar-refractivity contribution in [3.05, 3.63) is 29.8 Å². The molecule has 0 aliphatic carbocycles. The highest BCUT2D eigenvalue weighted by atomic mass is 28.4. The van der Waals surface area contributed by atoms with Crippen molar-refractivity contribution in [3.8, 4) is 0 Å². The van der Waals surface area contributed by atoms with Gasteiger partial charge in [0, 0.05) is 12.1 Å². The molecule has 0 unspecified atom stereocenters. The van der Waals surface area contributed by atoms with E-state index in [9.17, 15) is 4.79 Å². The molecule has 0 radical (unpaired) electrons. The van der Waals surface area contributed by atoms with Crippen molar-refractivity contribution in [2.24, 2.45) is 5.92 Å². The number of hydrogen-bond acceptors (Lipinski definition) is 4. The van der Waals surface area contributed by atoms with Crippen molar-refractivity contribution in [1.82, 2.24) is 0 Å². The predicted molar refractivity (Wildman–Crippen MR) is 105 cm³/mol. The van der Waals surface area contributed by atoms with Crippen LogP contribution in [0.5, 0.6) is 0 Å². The Balaban J connectivity index is 2.21. The van der Waals surface area contributed by atoms with Gasteiger partial charge in [0.2, 0.25) is 0 Å². The third-order valence-corrected chi connectivity index (χ3v) is 9.92. The normalized spacial score (nSPS) is 21.8. The van der Waals surface area contributed by atoms with E-state index in [1.807, 2.05) is 32.0 Å². The quantitative estimate of drug-likeness (QED) is 0.627. The molecular formula is C20H33NO3Si. The van der Waals surface area contributed by atoms with E-state index in [-0.39, 0.29) is 29.1 Å². The second-order valence-electron chi connectivity index (χ2n) is 8.86. The number of benzene rings is 1. The van der Waals surface area contributed by atoms with E-state index in [2.05, 4.69) is 45.2 Å². The van der Waals surface area contributed by atoms with Gasteiger partial charge in [0.15, 0.2) is 8.32 Å². The minimum absolute atomic E-state index is 0.137. The number of esters is 1. The van der Waals surface area contributed by atoms with E-state index in [1.54, 1.807) is 0 Å². The van der Waals surface area contributed by atoms with Gasteiger partial charge in [-0.1, -0.05) is 52.8 Å². The lowest BCUT2D eigenvalue weighted by molar-refractivity contribution is -0.152. The zero-order chi connectivity index (χ0) is 18.8. The van der Waals surface area contributed by atoms with Gasteiger partial charge in [-0.2, -0.15) is 0 Å². The summed E-state index contributed by atoms with van der Waals surface area (Å²) in [4.78, 5) is 12.6. The largest absolute Gasteiger partial charge is 0.458 e. The molecule has 0 bridgehead atoms. The Labute approximate surface area is 153 Å². The van der Waals surface area contributed by atoms with Gasteiger partial charge in [-0.15, -0.1) is 0 Å². The van der Waals surface area contributed by atoms with Crippen LogP contribution in [0.3, 0.4) is 0 Å². The zero-order valence-electron chi connectivity index (χ0n) is 16.7. The molecule has 0 fully saturated rings. The van der Waals surface area contributed by atoms with E-state index in [0.29, 0.717) is 13.0 Å². The van der Waals surface area contributed by atoms with E-state index in [1.165, 1.54) is 5.56 Å². The average Bonchev–Trinajstić information content (AvgIpc) is 2.48. The lowest BCUT2D eigenvalue weighted by atomic mass is 9.99. The van der Waals surface area contributed by atoms with Crippen molar-refractivity contribution in [1.29, 1.82) is 0 Å². The Morgan fingerprint density at radius 2 is 1.92 bits per heavy atom. The van der Waals surface area contributed by atoms with Gasteiger partial charge >= 0.3 is 5.97 Å². The van der Waals surface area contributed by atoms with Crippen LogP contribution < -0.4 is 5.32 Å².